The number of carboxylic acid groups (broad SMARTS) is 2. The van der Waals surface area contributed by atoms with Crippen molar-refractivity contribution < 1.29 is 19.8 Å². The van der Waals surface area contributed by atoms with E-state index in [0.717, 1.165) is 57.0 Å². The molecule has 0 saturated carbocycles. The largest absolute Gasteiger partial charge is 0.481 e. The lowest BCUT2D eigenvalue weighted by Crippen LogP contribution is -2.26. The summed E-state index contributed by atoms with van der Waals surface area (Å²) in [6, 6.07) is 0. The molecular formula is C17H34O4P+. The van der Waals surface area contributed by atoms with Gasteiger partial charge in [0.2, 0.25) is 0 Å². The van der Waals surface area contributed by atoms with Gasteiger partial charge >= 0.3 is 11.9 Å². The molecule has 0 aliphatic rings. The average molecular weight is 333 g/mol. The van der Waals surface area contributed by atoms with Gasteiger partial charge in [-0.05, 0) is 19.3 Å². The summed E-state index contributed by atoms with van der Waals surface area (Å²) >= 11 is 0. The Morgan fingerprint density at radius 2 is 1.27 bits per heavy atom. The zero-order valence-electron chi connectivity index (χ0n) is 14.5. The van der Waals surface area contributed by atoms with Crippen molar-refractivity contribution in [2.24, 2.45) is 5.92 Å². The lowest BCUT2D eigenvalue weighted by molar-refractivity contribution is -0.147. The van der Waals surface area contributed by atoms with Crippen molar-refractivity contribution in [3.05, 3.63) is 0 Å². The van der Waals surface area contributed by atoms with E-state index in [4.69, 9.17) is 5.11 Å². The Morgan fingerprint density at radius 3 is 1.55 bits per heavy atom. The quantitative estimate of drug-likeness (QED) is 0.456. The molecule has 0 aliphatic heterocycles. The van der Waals surface area contributed by atoms with Crippen LogP contribution in [-0.2, 0) is 9.59 Å². The lowest BCUT2D eigenvalue weighted by atomic mass is 10.1. The van der Waals surface area contributed by atoms with Crippen molar-refractivity contribution in [1.82, 2.24) is 0 Å². The molecule has 0 aliphatic carbocycles. The third-order valence-corrected chi connectivity index (χ3v) is 9.35. The lowest BCUT2D eigenvalue weighted by Gasteiger charge is -2.30. The third-order valence-electron chi connectivity index (χ3n) is 4.34. The van der Waals surface area contributed by atoms with Gasteiger partial charge in [0.15, 0.2) is 0 Å². The van der Waals surface area contributed by atoms with Gasteiger partial charge in [-0.25, -0.2) is 0 Å². The van der Waals surface area contributed by atoms with Crippen LogP contribution in [0.15, 0.2) is 0 Å². The van der Waals surface area contributed by atoms with Gasteiger partial charge in [0.1, 0.15) is 5.92 Å². The fourth-order valence-electron chi connectivity index (χ4n) is 3.00. The number of aliphatic carboxylic acids is 2. The van der Waals surface area contributed by atoms with Crippen molar-refractivity contribution in [3.63, 3.8) is 0 Å². The summed E-state index contributed by atoms with van der Waals surface area (Å²) in [7, 11) is -1.36. The highest BCUT2D eigenvalue weighted by Gasteiger charge is 2.41. The van der Waals surface area contributed by atoms with Crippen molar-refractivity contribution in [2.45, 2.75) is 65.7 Å². The van der Waals surface area contributed by atoms with Crippen LogP contribution in [0, 0.1) is 5.92 Å². The molecule has 0 rings (SSSR count). The Morgan fingerprint density at radius 1 is 0.864 bits per heavy atom. The predicted octanol–water partition coefficient (Wildman–Crippen LogP) is 4.58. The smallest absolute Gasteiger partial charge is 0.310 e. The molecule has 0 aromatic rings. The van der Waals surface area contributed by atoms with E-state index in [1.54, 1.807) is 0 Å². The number of carbonyl (C=O) groups is 2. The molecule has 1 atom stereocenters. The maximum Gasteiger partial charge on any atom is 0.310 e. The van der Waals surface area contributed by atoms with Crippen LogP contribution in [0.25, 0.3) is 0 Å². The molecule has 2 N–H and O–H groups in total. The summed E-state index contributed by atoms with van der Waals surface area (Å²) in [5.41, 5.74) is 0. The van der Waals surface area contributed by atoms with Crippen LogP contribution in [0.4, 0.5) is 0 Å². The summed E-state index contributed by atoms with van der Waals surface area (Å²) in [5.74, 6) is -2.64. The first-order valence-corrected chi connectivity index (χ1v) is 11.2. The van der Waals surface area contributed by atoms with Crippen LogP contribution in [0.1, 0.15) is 65.7 Å². The first-order valence-electron chi connectivity index (χ1n) is 8.70. The third kappa shape index (κ3) is 8.73. The first-order chi connectivity index (χ1) is 10.4. The highest BCUT2D eigenvalue weighted by molar-refractivity contribution is 7.75. The Balaban J connectivity index is 5.16. The summed E-state index contributed by atoms with van der Waals surface area (Å²) in [4.78, 5) is 22.5. The molecule has 22 heavy (non-hydrogen) atoms. The molecule has 0 radical (unpaired) electrons. The van der Waals surface area contributed by atoms with E-state index in [1.165, 1.54) is 0 Å². The molecule has 1 unspecified atom stereocenters. The van der Waals surface area contributed by atoms with Crippen LogP contribution < -0.4 is 0 Å². The van der Waals surface area contributed by atoms with Gasteiger partial charge in [0.05, 0.1) is 31.1 Å². The average Bonchev–Trinajstić information content (AvgIpc) is 2.47. The van der Waals surface area contributed by atoms with Crippen molar-refractivity contribution in [2.75, 3.05) is 24.6 Å². The number of hydrogen-bond donors (Lipinski definition) is 2. The minimum atomic E-state index is -1.36. The molecule has 0 aromatic heterocycles. The molecule has 0 spiro atoms. The van der Waals surface area contributed by atoms with Crippen LogP contribution in [0.5, 0.6) is 0 Å². The van der Waals surface area contributed by atoms with E-state index in [-0.39, 0.29) is 6.42 Å². The summed E-state index contributed by atoms with van der Waals surface area (Å²) in [5, 5.41) is 18.4. The predicted molar refractivity (Wildman–Crippen MR) is 94.5 cm³/mol. The van der Waals surface area contributed by atoms with Crippen molar-refractivity contribution in [3.8, 4) is 0 Å². The van der Waals surface area contributed by atoms with Crippen molar-refractivity contribution in [1.29, 1.82) is 0 Å². The van der Waals surface area contributed by atoms with Gasteiger partial charge in [0, 0.05) is 7.26 Å². The number of hydrogen-bond acceptors (Lipinski definition) is 2. The maximum absolute atomic E-state index is 11.5. The van der Waals surface area contributed by atoms with Gasteiger partial charge in [-0.2, -0.15) is 0 Å². The standard InChI is InChI=1S/C17H33O4P/c1-4-7-10-22(11-8-5-2,12-9-6-3)14-15(17(20)21)13-16(18)19/h15H,4-14H2,1-3H3,(H-,18,19,20,21)/p+1. The van der Waals surface area contributed by atoms with Gasteiger partial charge in [-0.15, -0.1) is 0 Å². The molecule has 0 amide bonds. The second-order valence-corrected chi connectivity index (χ2v) is 10.8. The molecule has 0 bridgehead atoms. The Hall–Kier alpha value is -0.630. The Labute approximate surface area is 136 Å². The molecule has 0 heterocycles. The summed E-state index contributed by atoms with van der Waals surface area (Å²) in [6.45, 7) is 6.50. The molecule has 130 valence electrons. The van der Waals surface area contributed by atoms with Crippen LogP contribution in [0.2, 0.25) is 0 Å². The SMILES string of the molecule is CCCC[P+](CCCC)(CCCC)CC(CC(=O)O)C(=O)O. The van der Waals surface area contributed by atoms with E-state index in [9.17, 15) is 14.7 Å². The van der Waals surface area contributed by atoms with E-state index in [1.807, 2.05) is 0 Å². The van der Waals surface area contributed by atoms with E-state index < -0.39 is 25.1 Å². The second-order valence-electron chi connectivity index (χ2n) is 6.39. The fraction of sp³-hybridized carbons (Fsp3) is 0.882. The number of rotatable bonds is 14. The number of unbranched alkanes of at least 4 members (excludes halogenated alkanes) is 3. The highest BCUT2D eigenvalue weighted by Crippen LogP contribution is 2.62. The normalized spacial score (nSPS) is 13.0. The highest BCUT2D eigenvalue weighted by atomic mass is 31.2. The maximum atomic E-state index is 11.5. The van der Waals surface area contributed by atoms with E-state index in [2.05, 4.69) is 20.8 Å². The first kappa shape index (κ1) is 21.4. The fourth-order valence-corrected chi connectivity index (χ4v) is 8.40. The van der Waals surface area contributed by atoms with E-state index in [0.29, 0.717) is 6.16 Å². The molecule has 0 saturated heterocycles. The van der Waals surface area contributed by atoms with Crippen LogP contribution in [-0.4, -0.2) is 46.8 Å². The monoisotopic (exact) mass is 333 g/mol. The number of carboxylic acids is 2. The summed E-state index contributed by atoms with van der Waals surface area (Å²) in [6.07, 6.45) is 10.6. The van der Waals surface area contributed by atoms with Gasteiger partial charge in [0.25, 0.3) is 0 Å². The summed E-state index contributed by atoms with van der Waals surface area (Å²) < 4.78 is 0. The van der Waals surface area contributed by atoms with Crippen LogP contribution in [0.3, 0.4) is 0 Å². The molecular weight excluding hydrogens is 299 g/mol. The second kappa shape index (κ2) is 11.9. The molecule has 0 fully saturated rings. The Kier molecular flexibility index (Phi) is 11.5. The Bertz CT molecular complexity index is 309. The minimum absolute atomic E-state index is 0.235. The topological polar surface area (TPSA) is 74.6 Å². The van der Waals surface area contributed by atoms with Crippen LogP contribution >= 0.6 is 7.26 Å². The van der Waals surface area contributed by atoms with Gasteiger partial charge < -0.3 is 10.2 Å². The molecule has 5 heteroatoms. The van der Waals surface area contributed by atoms with E-state index >= 15 is 0 Å². The molecule has 0 aromatic carbocycles. The molecule has 4 nitrogen and oxygen atoms in total. The van der Waals surface area contributed by atoms with Gasteiger partial charge in [-0.1, -0.05) is 40.0 Å². The zero-order chi connectivity index (χ0) is 17.0. The zero-order valence-corrected chi connectivity index (χ0v) is 15.4. The van der Waals surface area contributed by atoms with Crippen molar-refractivity contribution >= 4 is 19.2 Å². The van der Waals surface area contributed by atoms with Gasteiger partial charge in [-0.3, -0.25) is 9.59 Å². The minimum Gasteiger partial charge on any atom is -0.481 e.